The van der Waals surface area contributed by atoms with Crippen LogP contribution in [-0.2, 0) is 6.42 Å². The number of nitrogens with one attached hydrogen (secondary N) is 1. The predicted molar refractivity (Wildman–Crippen MR) is 71.0 cm³/mol. The highest BCUT2D eigenvalue weighted by Gasteiger charge is 2.48. The normalized spacial score (nSPS) is 19.0. The number of benzene rings is 1. The summed E-state index contributed by atoms with van der Waals surface area (Å²) in [5.41, 5.74) is 2.81. The maximum atomic E-state index is 9.52. The Morgan fingerprint density at radius 2 is 1.94 bits per heavy atom. The van der Waals surface area contributed by atoms with Crippen LogP contribution in [0.2, 0.25) is 0 Å². The summed E-state index contributed by atoms with van der Waals surface area (Å²) in [5, 5.41) is 12.9. The first-order chi connectivity index (χ1) is 8.25. The van der Waals surface area contributed by atoms with E-state index in [0.717, 1.165) is 19.3 Å². The number of hydrogen-bond donors (Lipinski definition) is 2. The van der Waals surface area contributed by atoms with Crippen molar-refractivity contribution in [1.82, 2.24) is 5.32 Å². The molecule has 2 nitrogen and oxygen atoms in total. The summed E-state index contributed by atoms with van der Waals surface area (Å²) in [6.07, 6.45) is 4.60. The first-order valence-electron chi connectivity index (χ1n) is 6.62. The average Bonchev–Trinajstić information content (AvgIpc) is 3.14. The molecule has 94 valence electrons. The molecule has 2 heteroatoms. The number of aliphatic hydroxyl groups is 1. The molecule has 1 unspecified atom stereocenters. The smallest absolute Gasteiger partial charge is 0.0505 e. The van der Waals surface area contributed by atoms with Crippen molar-refractivity contribution in [2.24, 2.45) is 5.41 Å². The Morgan fingerprint density at radius 1 is 1.29 bits per heavy atom. The minimum atomic E-state index is 0.0982. The van der Waals surface area contributed by atoms with Crippen LogP contribution in [0.3, 0.4) is 0 Å². The van der Waals surface area contributed by atoms with Gasteiger partial charge >= 0.3 is 0 Å². The fourth-order valence-electron chi connectivity index (χ4n) is 2.69. The Kier molecular flexibility index (Phi) is 3.85. The second kappa shape index (κ2) is 5.19. The van der Waals surface area contributed by atoms with Crippen molar-refractivity contribution in [3.8, 4) is 0 Å². The van der Waals surface area contributed by atoms with E-state index in [1.54, 1.807) is 0 Å². The molecule has 1 fully saturated rings. The van der Waals surface area contributed by atoms with Gasteiger partial charge in [-0.25, -0.2) is 0 Å². The van der Waals surface area contributed by atoms with Gasteiger partial charge in [0.25, 0.3) is 0 Å². The lowest BCUT2D eigenvalue weighted by Gasteiger charge is -2.25. The molecule has 0 heterocycles. The molecule has 0 amide bonds. The van der Waals surface area contributed by atoms with Gasteiger partial charge in [-0.2, -0.15) is 0 Å². The third kappa shape index (κ3) is 2.53. The van der Waals surface area contributed by atoms with Gasteiger partial charge in [0.1, 0.15) is 0 Å². The summed E-state index contributed by atoms with van der Waals surface area (Å²) in [7, 11) is 1.99. The van der Waals surface area contributed by atoms with Gasteiger partial charge in [0.2, 0.25) is 0 Å². The topological polar surface area (TPSA) is 32.3 Å². The minimum absolute atomic E-state index is 0.0982. The van der Waals surface area contributed by atoms with Crippen LogP contribution in [0.5, 0.6) is 0 Å². The highest BCUT2D eigenvalue weighted by Crippen LogP contribution is 2.54. The zero-order valence-corrected chi connectivity index (χ0v) is 10.9. The van der Waals surface area contributed by atoms with Gasteiger partial charge in [-0.05, 0) is 37.4 Å². The van der Waals surface area contributed by atoms with Crippen LogP contribution in [0.25, 0.3) is 0 Å². The van der Waals surface area contributed by atoms with E-state index in [4.69, 9.17) is 0 Å². The molecule has 0 aliphatic heterocycles. The fraction of sp³-hybridized carbons (Fsp3) is 0.600. The van der Waals surface area contributed by atoms with Crippen molar-refractivity contribution < 1.29 is 5.11 Å². The van der Waals surface area contributed by atoms with Gasteiger partial charge in [0, 0.05) is 11.5 Å². The lowest BCUT2D eigenvalue weighted by Crippen LogP contribution is -2.29. The van der Waals surface area contributed by atoms with Gasteiger partial charge in [0.15, 0.2) is 0 Å². The summed E-state index contributed by atoms with van der Waals surface area (Å²) in [4.78, 5) is 0. The molecule has 1 aliphatic carbocycles. The molecule has 0 radical (unpaired) electrons. The largest absolute Gasteiger partial charge is 0.396 e. The summed E-state index contributed by atoms with van der Waals surface area (Å²) >= 11 is 0. The second-order valence-electron chi connectivity index (χ2n) is 5.23. The maximum Gasteiger partial charge on any atom is 0.0505 e. The van der Waals surface area contributed by atoms with E-state index >= 15 is 0 Å². The van der Waals surface area contributed by atoms with E-state index in [0.29, 0.717) is 6.04 Å². The molecule has 0 saturated heterocycles. The molecule has 1 aromatic carbocycles. The molecule has 1 aliphatic rings. The summed E-state index contributed by atoms with van der Waals surface area (Å²) in [6.45, 7) is 2.49. The molecule has 1 saturated carbocycles. The van der Waals surface area contributed by atoms with Crippen molar-refractivity contribution in [2.75, 3.05) is 13.7 Å². The lowest BCUT2D eigenvalue weighted by atomic mass is 9.90. The first-order valence-corrected chi connectivity index (χ1v) is 6.62. The molecule has 0 bridgehead atoms. The molecule has 1 aromatic rings. The number of hydrogen-bond acceptors (Lipinski definition) is 2. The third-order valence-corrected chi connectivity index (χ3v) is 3.96. The summed E-state index contributed by atoms with van der Waals surface area (Å²) < 4.78 is 0. The highest BCUT2D eigenvalue weighted by molar-refractivity contribution is 5.28. The van der Waals surface area contributed by atoms with E-state index in [9.17, 15) is 5.11 Å². The van der Waals surface area contributed by atoms with Crippen LogP contribution >= 0.6 is 0 Å². The number of rotatable bonds is 6. The van der Waals surface area contributed by atoms with E-state index in [2.05, 4.69) is 36.5 Å². The zero-order valence-electron chi connectivity index (χ0n) is 10.9. The molecule has 17 heavy (non-hydrogen) atoms. The first kappa shape index (κ1) is 12.6. The van der Waals surface area contributed by atoms with Crippen molar-refractivity contribution in [3.05, 3.63) is 35.4 Å². The molecule has 0 spiro atoms. The number of aliphatic hydroxyl groups excluding tert-OH is 1. The Bertz CT molecular complexity index is 354. The molecular weight excluding hydrogens is 210 g/mol. The van der Waals surface area contributed by atoms with E-state index in [-0.39, 0.29) is 12.0 Å². The number of aryl methyl sites for hydroxylation is 1. The Hall–Kier alpha value is -0.860. The quantitative estimate of drug-likeness (QED) is 0.791. The molecule has 2 rings (SSSR count). The average molecular weight is 233 g/mol. The van der Waals surface area contributed by atoms with Crippen LogP contribution in [0.15, 0.2) is 24.3 Å². The van der Waals surface area contributed by atoms with E-state index in [1.807, 2.05) is 7.05 Å². The Labute approximate surface area is 104 Å². The SMILES string of the molecule is CCCc1ccc(C(NC)C2(CO)CC2)cc1. The monoisotopic (exact) mass is 233 g/mol. The van der Waals surface area contributed by atoms with Crippen LogP contribution in [0, 0.1) is 5.41 Å². The molecular formula is C15H23NO. The Balaban J connectivity index is 2.14. The van der Waals surface area contributed by atoms with Crippen molar-refractivity contribution in [2.45, 2.75) is 38.6 Å². The van der Waals surface area contributed by atoms with Crippen molar-refractivity contribution in [1.29, 1.82) is 0 Å². The van der Waals surface area contributed by atoms with Crippen LogP contribution in [0.1, 0.15) is 43.4 Å². The molecule has 1 atom stereocenters. The predicted octanol–water partition coefficient (Wildman–Crippen LogP) is 2.67. The van der Waals surface area contributed by atoms with Gasteiger partial charge in [-0.3, -0.25) is 0 Å². The van der Waals surface area contributed by atoms with Crippen molar-refractivity contribution in [3.63, 3.8) is 0 Å². The summed E-state index contributed by atoms with van der Waals surface area (Å²) in [6, 6.07) is 9.15. The van der Waals surface area contributed by atoms with Crippen molar-refractivity contribution >= 4 is 0 Å². The maximum absolute atomic E-state index is 9.52. The standard InChI is InChI=1S/C15H23NO/c1-3-4-12-5-7-13(8-6-12)14(16-2)15(11-17)9-10-15/h5-8,14,16-17H,3-4,9-11H2,1-2H3. The van der Waals surface area contributed by atoms with Gasteiger partial charge in [-0.15, -0.1) is 0 Å². The van der Waals surface area contributed by atoms with Gasteiger partial charge < -0.3 is 10.4 Å². The summed E-state index contributed by atoms with van der Waals surface area (Å²) in [5.74, 6) is 0. The molecule has 2 N–H and O–H groups in total. The van der Waals surface area contributed by atoms with E-state index < -0.39 is 0 Å². The molecule has 0 aromatic heterocycles. The Morgan fingerprint density at radius 3 is 2.35 bits per heavy atom. The third-order valence-electron chi connectivity index (χ3n) is 3.96. The fourth-order valence-corrected chi connectivity index (χ4v) is 2.69. The lowest BCUT2D eigenvalue weighted by molar-refractivity contribution is 0.175. The van der Waals surface area contributed by atoms with Crippen LogP contribution in [-0.4, -0.2) is 18.8 Å². The van der Waals surface area contributed by atoms with E-state index in [1.165, 1.54) is 17.5 Å². The van der Waals surface area contributed by atoms with Crippen LogP contribution < -0.4 is 5.32 Å². The second-order valence-corrected chi connectivity index (χ2v) is 5.23. The minimum Gasteiger partial charge on any atom is -0.396 e. The van der Waals surface area contributed by atoms with Gasteiger partial charge in [-0.1, -0.05) is 37.6 Å². The van der Waals surface area contributed by atoms with Crippen LogP contribution in [0.4, 0.5) is 0 Å². The van der Waals surface area contributed by atoms with Gasteiger partial charge in [0.05, 0.1) is 6.61 Å². The zero-order chi connectivity index (χ0) is 12.3. The highest BCUT2D eigenvalue weighted by atomic mass is 16.3.